The van der Waals surface area contributed by atoms with Gasteiger partial charge in [-0.25, -0.2) is 4.79 Å². The maximum absolute atomic E-state index is 14.3. The Morgan fingerprint density at radius 2 is 1.60 bits per heavy atom. The molecule has 0 radical (unpaired) electrons. The predicted octanol–water partition coefficient (Wildman–Crippen LogP) is 4.49. The number of aromatic hydroxyl groups is 1. The lowest BCUT2D eigenvalue weighted by atomic mass is 9.97. The van der Waals surface area contributed by atoms with Gasteiger partial charge in [-0.15, -0.1) is 0 Å². The van der Waals surface area contributed by atoms with E-state index in [2.05, 4.69) is 10.6 Å². The normalized spacial score (nSPS) is 12.5. The number of aryl methyl sites for hydroxylation is 2. The Balaban J connectivity index is 2.51. The van der Waals surface area contributed by atoms with Crippen LogP contribution in [0.1, 0.15) is 75.8 Å². The number of amides is 3. The van der Waals surface area contributed by atoms with Crippen LogP contribution in [0.4, 0.5) is 4.79 Å². The third-order valence-corrected chi connectivity index (χ3v) is 6.17. The first kappa shape index (κ1) is 34.1. The molecular formula is C32H45N3O7. The molecule has 3 amide bonds. The van der Waals surface area contributed by atoms with E-state index in [1.807, 2.05) is 39.0 Å². The van der Waals surface area contributed by atoms with Crippen molar-refractivity contribution in [3.05, 3.63) is 64.7 Å². The fraction of sp³-hybridized carbons (Fsp3) is 0.500. The highest BCUT2D eigenvalue weighted by Gasteiger charge is 2.36. The van der Waals surface area contributed by atoms with E-state index in [4.69, 9.17) is 9.47 Å². The standard InChI is InChI=1S/C32H45N3O7/c1-8-16-35(28(24-18-21(3)17-22(4)19-24)29(38)33-15-14-27(37)41-9-2)30(39)26(34-31(40)42-32(5,6)7)20-23-10-12-25(36)13-11-23/h10-13,17-19,26,28,36H,8-9,14-16,20H2,1-7H3,(H,33,38)(H,34,40). The van der Waals surface area contributed by atoms with Gasteiger partial charge in [0.15, 0.2) is 0 Å². The third-order valence-electron chi connectivity index (χ3n) is 6.17. The molecule has 230 valence electrons. The van der Waals surface area contributed by atoms with Gasteiger partial charge in [0.25, 0.3) is 0 Å². The minimum absolute atomic E-state index is 0.00938. The number of alkyl carbamates (subject to hydrolysis) is 1. The maximum Gasteiger partial charge on any atom is 0.408 e. The van der Waals surface area contributed by atoms with Crippen molar-refractivity contribution in [2.75, 3.05) is 19.7 Å². The van der Waals surface area contributed by atoms with Crippen LogP contribution in [0.5, 0.6) is 5.75 Å². The lowest BCUT2D eigenvalue weighted by molar-refractivity contribution is -0.144. The van der Waals surface area contributed by atoms with Gasteiger partial charge < -0.3 is 30.1 Å². The van der Waals surface area contributed by atoms with Crippen molar-refractivity contribution in [1.29, 1.82) is 0 Å². The summed E-state index contributed by atoms with van der Waals surface area (Å²) in [5.41, 5.74) is 2.36. The molecule has 0 bridgehead atoms. The molecule has 3 N–H and O–H groups in total. The number of esters is 1. The lowest BCUT2D eigenvalue weighted by Crippen LogP contribution is -2.54. The Labute approximate surface area is 248 Å². The number of phenols is 1. The average Bonchev–Trinajstić information content (AvgIpc) is 2.87. The van der Waals surface area contributed by atoms with E-state index in [0.717, 1.165) is 11.1 Å². The second-order valence-corrected chi connectivity index (χ2v) is 11.3. The monoisotopic (exact) mass is 583 g/mol. The number of nitrogens with zero attached hydrogens (tertiary/aromatic N) is 1. The van der Waals surface area contributed by atoms with Crippen LogP contribution in [0.25, 0.3) is 0 Å². The summed E-state index contributed by atoms with van der Waals surface area (Å²) in [4.78, 5) is 54.3. The Hall–Kier alpha value is -4.08. The second kappa shape index (κ2) is 15.8. The molecule has 0 aliphatic carbocycles. The van der Waals surface area contributed by atoms with Gasteiger partial charge in [0.2, 0.25) is 11.8 Å². The van der Waals surface area contributed by atoms with Crippen molar-refractivity contribution < 1.29 is 33.8 Å². The quantitative estimate of drug-likeness (QED) is 0.296. The van der Waals surface area contributed by atoms with E-state index >= 15 is 0 Å². The zero-order valence-corrected chi connectivity index (χ0v) is 25.8. The van der Waals surface area contributed by atoms with Gasteiger partial charge in [0, 0.05) is 19.5 Å². The molecule has 0 fully saturated rings. The SMILES string of the molecule is CCCN(C(=O)C(Cc1ccc(O)cc1)NC(=O)OC(C)(C)C)C(C(=O)NCCC(=O)OCC)c1cc(C)cc(C)c1. The van der Waals surface area contributed by atoms with Crippen molar-refractivity contribution in [1.82, 2.24) is 15.5 Å². The summed E-state index contributed by atoms with van der Waals surface area (Å²) in [6, 6.07) is 9.93. The first-order chi connectivity index (χ1) is 19.7. The maximum atomic E-state index is 14.3. The summed E-state index contributed by atoms with van der Waals surface area (Å²) >= 11 is 0. The predicted molar refractivity (Wildman–Crippen MR) is 160 cm³/mol. The number of carbonyl (C=O) groups excluding carboxylic acids is 4. The average molecular weight is 584 g/mol. The molecule has 42 heavy (non-hydrogen) atoms. The Kier molecular flexibility index (Phi) is 12.8. The number of phenolic OH excluding ortho intramolecular Hbond substituents is 1. The van der Waals surface area contributed by atoms with Gasteiger partial charge in [-0.05, 0) is 71.2 Å². The van der Waals surface area contributed by atoms with Gasteiger partial charge in [-0.1, -0.05) is 48.4 Å². The van der Waals surface area contributed by atoms with Crippen LogP contribution in [-0.2, 0) is 30.3 Å². The van der Waals surface area contributed by atoms with E-state index in [-0.39, 0.29) is 38.3 Å². The van der Waals surface area contributed by atoms with E-state index in [1.54, 1.807) is 39.8 Å². The number of benzene rings is 2. The number of nitrogens with one attached hydrogen (secondary N) is 2. The molecule has 2 aromatic carbocycles. The van der Waals surface area contributed by atoms with Crippen molar-refractivity contribution in [3.8, 4) is 5.75 Å². The molecule has 0 aromatic heterocycles. The summed E-state index contributed by atoms with van der Waals surface area (Å²) < 4.78 is 10.4. The minimum atomic E-state index is -1.07. The minimum Gasteiger partial charge on any atom is -0.508 e. The molecule has 0 spiro atoms. The lowest BCUT2D eigenvalue weighted by Gasteiger charge is -2.34. The van der Waals surface area contributed by atoms with Crippen LogP contribution in [0.15, 0.2) is 42.5 Å². The number of rotatable bonds is 13. The van der Waals surface area contributed by atoms with Crippen LogP contribution in [0.2, 0.25) is 0 Å². The fourth-order valence-corrected chi connectivity index (χ4v) is 4.58. The zero-order valence-electron chi connectivity index (χ0n) is 25.8. The molecule has 2 rings (SSSR count). The Morgan fingerprint density at radius 1 is 0.976 bits per heavy atom. The molecular weight excluding hydrogens is 538 g/mol. The van der Waals surface area contributed by atoms with Gasteiger partial charge >= 0.3 is 12.1 Å². The van der Waals surface area contributed by atoms with Crippen molar-refractivity contribution >= 4 is 23.9 Å². The summed E-state index contributed by atoms with van der Waals surface area (Å²) in [7, 11) is 0. The Morgan fingerprint density at radius 3 is 2.14 bits per heavy atom. The molecule has 0 saturated carbocycles. The third kappa shape index (κ3) is 11.1. The summed E-state index contributed by atoms with van der Waals surface area (Å²) in [5.74, 6) is -1.28. The molecule has 10 nitrogen and oxygen atoms in total. The molecule has 2 unspecified atom stereocenters. The van der Waals surface area contributed by atoms with Crippen LogP contribution >= 0.6 is 0 Å². The number of ether oxygens (including phenoxy) is 2. The zero-order chi connectivity index (χ0) is 31.4. The highest BCUT2D eigenvalue weighted by Crippen LogP contribution is 2.26. The van der Waals surface area contributed by atoms with Crippen LogP contribution in [0, 0.1) is 13.8 Å². The highest BCUT2D eigenvalue weighted by molar-refractivity contribution is 5.92. The first-order valence-corrected chi connectivity index (χ1v) is 14.3. The van der Waals surface area contributed by atoms with E-state index in [1.165, 1.54) is 17.0 Å². The molecule has 2 aromatic rings. The molecule has 0 aliphatic heterocycles. The Bertz CT molecular complexity index is 1200. The van der Waals surface area contributed by atoms with Crippen LogP contribution < -0.4 is 10.6 Å². The number of carbonyl (C=O) groups is 4. The van der Waals surface area contributed by atoms with Gasteiger partial charge in [-0.3, -0.25) is 14.4 Å². The largest absolute Gasteiger partial charge is 0.508 e. The molecule has 0 saturated heterocycles. The summed E-state index contributed by atoms with van der Waals surface area (Å²) in [6.45, 7) is 13.1. The second-order valence-electron chi connectivity index (χ2n) is 11.3. The number of hydrogen-bond donors (Lipinski definition) is 3. The molecule has 2 atom stereocenters. The van der Waals surface area contributed by atoms with Gasteiger partial charge in [-0.2, -0.15) is 0 Å². The molecule has 0 heterocycles. The topological polar surface area (TPSA) is 134 Å². The number of hydrogen-bond acceptors (Lipinski definition) is 7. The molecule has 10 heteroatoms. The van der Waals surface area contributed by atoms with Crippen molar-refractivity contribution in [3.63, 3.8) is 0 Å². The fourth-order valence-electron chi connectivity index (χ4n) is 4.58. The highest BCUT2D eigenvalue weighted by atomic mass is 16.6. The molecule has 0 aliphatic rings. The summed E-state index contributed by atoms with van der Waals surface area (Å²) in [6.07, 6.45) is -0.132. The van der Waals surface area contributed by atoms with Gasteiger partial charge in [0.05, 0.1) is 13.0 Å². The van der Waals surface area contributed by atoms with Gasteiger partial charge in [0.1, 0.15) is 23.4 Å². The smallest absolute Gasteiger partial charge is 0.408 e. The van der Waals surface area contributed by atoms with Crippen LogP contribution in [-0.4, -0.2) is 65.2 Å². The van der Waals surface area contributed by atoms with Crippen LogP contribution in [0.3, 0.4) is 0 Å². The van der Waals surface area contributed by atoms with E-state index in [0.29, 0.717) is 17.5 Å². The first-order valence-electron chi connectivity index (χ1n) is 14.3. The summed E-state index contributed by atoms with van der Waals surface area (Å²) in [5, 5.41) is 15.2. The van der Waals surface area contributed by atoms with E-state index < -0.39 is 41.6 Å². The van der Waals surface area contributed by atoms with E-state index in [9.17, 15) is 24.3 Å². The van der Waals surface area contributed by atoms with Crippen molar-refractivity contribution in [2.45, 2.75) is 85.4 Å². The van der Waals surface area contributed by atoms with Crippen molar-refractivity contribution in [2.24, 2.45) is 0 Å².